The first-order valence-corrected chi connectivity index (χ1v) is 7.72. The normalized spacial score (nSPS) is 11.7. The number of alkyl halides is 3. The summed E-state index contributed by atoms with van der Waals surface area (Å²) in [5, 5.41) is 18.7. The number of aromatic nitrogens is 3. The van der Waals surface area contributed by atoms with Crippen molar-refractivity contribution >= 4 is 23.8 Å². The molecule has 0 aliphatic rings. The number of nitriles is 1. The molecule has 0 aliphatic carbocycles. The highest BCUT2D eigenvalue weighted by molar-refractivity contribution is 6.31. The zero-order valence-electron chi connectivity index (χ0n) is 13.0. The Kier molecular flexibility index (Phi) is 4.78. The SMILES string of the molecule is N#Cc1[nH]nnc1-c1cccc(/C=C/c2ccc(Cl)c(C(F)(F)F)c2)c1. The van der Waals surface area contributed by atoms with Crippen LogP contribution < -0.4 is 0 Å². The maximum Gasteiger partial charge on any atom is 0.417 e. The summed E-state index contributed by atoms with van der Waals surface area (Å²) >= 11 is 5.62. The van der Waals surface area contributed by atoms with Gasteiger partial charge in [0.2, 0.25) is 0 Å². The second-order valence-corrected chi connectivity index (χ2v) is 5.75. The summed E-state index contributed by atoms with van der Waals surface area (Å²) in [5.41, 5.74) is 1.54. The summed E-state index contributed by atoms with van der Waals surface area (Å²) in [6, 6.07) is 12.7. The van der Waals surface area contributed by atoms with Crippen molar-refractivity contribution in [1.29, 1.82) is 5.26 Å². The summed E-state index contributed by atoms with van der Waals surface area (Å²) in [4.78, 5) is 0. The van der Waals surface area contributed by atoms with E-state index in [1.54, 1.807) is 36.4 Å². The molecule has 1 N–H and O–H groups in total. The van der Waals surface area contributed by atoms with E-state index in [1.165, 1.54) is 12.1 Å². The minimum Gasteiger partial charge on any atom is -0.247 e. The molecule has 0 saturated carbocycles. The first-order valence-electron chi connectivity index (χ1n) is 7.35. The van der Waals surface area contributed by atoms with Gasteiger partial charge >= 0.3 is 6.18 Å². The molecular weight excluding hydrogens is 365 g/mol. The third kappa shape index (κ3) is 3.76. The molecule has 0 spiro atoms. The van der Waals surface area contributed by atoms with E-state index in [0.717, 1.165) is 11.6 Å². The second kappa shape index (κ2) is 7.02. The van der Waals surface area contributed by atoms with Crippen molar-refractivity contribution < 1.29 is 13.2 Å². The van der Waals surface area contributed by atoms with Crippen molar-refractivity contribution in [1.82, 2.24) is 15.4 Å². The fourth-order valence-corrected chi connectivity index (χ4v) is 2.58. The smallest absolute Gasteiger partial charge is 0.247 e. The molecule has 0 amide bonds. The molecule has 0 unspecified atom stereocenters. The average Bonchev–Trinajstić information content (AvgIpc) is 3.09. The lowest BCUT2D eigenvalue weighted by atomic mass is 10.0. The van der Waals surface area contributed by atoms with Crippen LogP contribution in [-0.4, -0.2) is 15.4 Å². The predicted molar refractivity (Wildman–Crippen MR) is 91.9 cm³/mol. The van der Waals surface area contributed by atoms with Gasteiger partial charge in [-0.25, -0.2) is 5.10 Å². The number of aromatic amines is 1. The highest BCUT2D eigenvalue weighted by atomic mass is 35.5. The second-order valence-electron chi connectivity index (χ2n) is 5.34. The lowest BCUT2D eigenvalue weighted by molar-refractivity contribution is -0.137. The van der Waals surface area contributed by atoms with Gasteiger partial charge in [-0.2, -0.15) is 18.4 Å². The molecule has 0 aliphatic heterocycles. The first kappa shape index (κ1) is 17.7. The van der Waals surface area contributed by atoms with Crippen LogP contribution in [0.4, 0.5) is 13.2 Å². The lowest BCUT2D eigenvalue weighted by Crippen LogP contribution is -2.05. The number of halogens is 4. The lowest BCUT2D eigenvalue weighted by Gasteiger charge is -2.09. The van der Waals surface area contributed by atoms with Crippen molar-refractivity contribution in [3.8, 4) is 17.3 Å². The number of nitrogens with one attached hydrogen (secondary N) is 1. The highest BCUT2D eigenvalue weighted by Gasteiger charge is 2.33. The van der Waals surface area contributed by atoms with E-state index >= 15 is 0 Å². The fourth-order valence-electron chi connectivity index (χ4n) is 2.35. The van der Waals surface area contributed by atoms with Crippen molar-refractivity contribution in [3.63, 3.8) is 0 Å². The first-order chi connectivity index (χ1) is 12.4. The number of nitrogens with zero attached hydrogens (tertiary/aromatic N) is 3. The molecular formula is C18H10ClF3N4. The van der Waals surface area contributed by atoms with Gasteiger partial charge in [0, 0.05) is 5.56 Å². The standard InChI is InChI=1S/C18H10ClF3N4/c19-15-7-6-12(9-14(15)18(20,21)22)5-4-11-2-1-3-13(8-11)17-16(10-23)24-26-25-17/h1-9H,(H,24,25,26)/b5-4+. The summed E-state index contributed by atoms with van der Waals surface area (Å²) in [6.45, 7) is 0. The van der Waals surface area contributed by atoms with E-state index in [9.17, 15) is 13.2 Å². The Bertz CT molecular complexity index is 1020. The van der Waals surface area contributed by atoms with Gasteiger partial charge in [-0.05, 0) is 29.3 Å². The van der Waals surface area contributed by atoms with E-state index in [4.69, 9.17) is 16.9 Å². The summed E-state index contributed by atoms with van der Waals surface area (Å²) in [5.74, 6) is 0. The van der Waals surface area contributed by atoms with E-state index in [-0.39, 0.29) is 10.7 Å². The van der Waals surface area contributed by atoms with Crippen LogP contribution in [0.15, 0.2) is 42.5 Å². The molecule has 130 valence electrons. The Labute approximate surface area is 151 Å². The molecule has 0 fully saturated rings. The zero-order chi connectivity index (χ0) is 18.7. The Morgan fingerprint density at radius 2 is 1.81 bits per heavy atom. The molecule has 4 nitrogen and oxygen atoms in total. The van der Waals surface area contributed by atoms with Crippen LogP contribution >= 0.6 is 11.6 Å². The summed E-state index contributed by atoms with van der Waals surface area (Å²) < 4.78 is 38.8. The van der Waals surface area contributed by atoms with Crippen molar-refractivity contribution in [3.05, 3.63) is 69.9 Å². The van der Waals surface area contributed by atoms with Gasteiger partial charge in [0.15, 0.2) is 5.69 Å². The Morgan fingerprint density at radius 3 is 2.50 bits per heavy atom. The van der Waals surface area contributed by atoms with Gasteiger partial charge in [-0.15, -0.1) is 5.10 Å². The van der Waals surface area contributed by atoms with Crippen LogP contribution in [0.2, 0.25) is 5.02 Å². The van der Waals surface area contributed by atoms with Crippen LogP contribution in [0.1, 0.15) is 22.4 Å². The minimum atomic E-state index is -4.51. The van der Waals surface area contributed by atoms with E-state index in [0.29, 0.717) is 16.8 Å². The highest BCUT2D eigenvalue weighted by Crippen LogP contribution is 2.35. The summed E-state index contributed by atoms with van der Waals surface area (Å²) in [7, 11) is 0. The summed E-state index contributed by atoms with van der Waals surface area (Å²) in [6.07, 6.45) is -1.29. The molecule has 8 heteroatoms. The average molecular weight is 375 g/mol. The van der Waals surface area contributed by atoms with Gasteiger partial charge in [0.25, 0.3) is 0 Å². The van der Waals surface area contributed by atoms with Crippen molar-refractivity contribution in [2.24, 2.45) is 0 Å². The maximum atomic E-state index is 12.9. The van der Waals surface area contributed by atoms with Gasteiger partial charge in [-0.3, -0.25) is 0 Å². The van der Waals surface area contributed by atoms with E-state index in [1.807, 2.05) is 6.07 Å². The van der Waals surface area contributed by atoms with Gasteiger partial charge in [0.05, 0.1) is 10.6 Å². The molecule has 0 atom stereocenters. The van der Waals surface area contributed by atoms with Crippen molar-refractivity contribution in [2.75, 3.05) is 0 Å². The van der Waals surface area contributed by atoms with E-state index in [2.05, 4.69) is 15.4 Å². The monoisotopic (exact) mass is 374 g/mol. The molecule has 1 aromatic heterocycles. The number of rotatable bonds is 3. The third-order valence-corrected chi connectivity index (χ3v) is 3.91. The van der Waals surface area contributed by atoms with Crippen LogP contribution in [0.3, 0.4) is 0 Å². The van der Waals surface area contributed by atoms with Crippen molar-refractivity contribution in [2.45, 2.75) is 6.18 Å². The molecule has 26 heavy (non-hydrogen) atoms. The number of benzene rings is 2. The number of hydrogen-bond acceptors (Lipinski definition) is 3. The van der Waals surface area contributed by atoms with Crippen LogP contribution in [0.5, 0.6) is 0 Å². The number of H-pyrrole nitrogens is 1. The molecule has 2 aromatic carbocycles. The Hall–Kier alpha value is -3.11. The van der Waals surface area contributed by atoms with Crippen LogP contribution in [0, 0.1) is 11.3 Å². The zero-order valence-corrected chi connectivity index (χ0v) is 13.8. The topological polar surface area (TPSA) is 65.4 Å². The largest absolute Gasteiger partial charge is 0.417 e. The molecule has 0 bridgehead atoms. The van der Waals surface area contributed by atoms with Gasteiger partial charge < -0.3 is 0 Å². The molecule has 3 rings (SSSR count). The third-order valence-electron chi connectivity index (χ3n) is 3.58. The number of hydrogen-bond donors (Lipinski definition) is 1. The van der Waals surface area contributed by atoms with E-state index < -0.39 is 11.7 Å². The quantitative estimate of drug-likeness (QED) is 0.642. The molecule has 0 radical (unpaired) electrons. The van der Waals surface area contributed by atoms with Crippen LogP contribution in [-0.2, 0) is 6.18 Å². The molecule has 1 heterocycles. The molecule has 0 saturated heterocycles. The maximum absolute atomic E-state index is 12.9. The Morgan fingerprint density at radius 1 is 1.08 bits per heavy atom. The minimum absolute atomic E-state index is 0.235. The molecule has 3 aromatic rings. The predicted octanol–water partition coefficient (Wildman–Crippen LogP) is 5.19. The van der Waals surface area contributed by atoms with Gasteiger partial charge in [-0.1, -0.05) is 53.2 Å². The Balaban J connectivity index is 1.91. The van der Waals surface area contributed by atoms with Crippen LogP contribution in [0.25, 0.3) is 23.4 Å². The fraction of sp³-hybridized carbons (Fsp3) is 0.0556. The van der Waals surface area contributed by atoms with Gasteiger partial charge in [0.1, 0.15) is 11.8 Å².